The van der Waals surface area contributed by atoms with Crippen LogP contribution in [0.2, 0.25) is 0 Å². The van der Waals surface area contributed by atoms with Gasteiger partial charge in [0.15, 0.2) is 5.96 Å². The van der Waals surface area contributed by atoms with Crippen molar-refractivity contribution in [1.29, 1.82) is 0 Å². The second-order valence-electron chi connectivity index (χ2n) is 7.83. The van der Waals surface area contributed by atoms with Crippen LogP contribution in [0.3, 0.4) is 0 Å². The maximum Gasteiger partial charge on any atom is 0.191 e. The van der Waals surface area contributed by atoms with Gasteiger partial charge in [-0.2, -0.15) is 0 Å². The molecule has 2 aliphatic heterocycles. The van der Waals surface area contributed by atoms with E-state index >= 15 is 0 Å². The summed E-state index contributed by atoms with van der Waals surface area (Å²) < 4.78 is 0. The maximum absolute atomic E-state index is 4.43. The van der Waals surface area contributed by atoms with E-state index in [1.54, 1.807) is 0 Å². The van der Waals surface area contributed by atoms with Gasteiger partial charge in [0, 0.05) is 25.7 Å². The van der Waals surface area contributed by atoms with E-state index in [1.165, 1.54) is 71.1 Å². The number of hydrogen-bond acceptors (Lipinski definition) is 3. The van der Waals surface area contributed by atoms with Gasteiger partial charge in [-0.15, -0.1) is 0 Å². The van der Waals surface area contributed by atoms with Crippen molar-refractivity contribution in [2.45, 2.75) is 50.5 Å². The Balaban J connectivity index is 1.58. The first-order valence-corrected chi connectivity index (χ1v) is 9.60. The largest absolute Gasteiger partial charge is 0.356 e. The highest BCUT2D eigenvalue weighted by atomic mass is 15.3. The fraction of sp³-hybridized carbons (Fsp3) is 0.944. The SMILES string of the molecule is CN=C(NCC1CC1)NCC1(N2CCCCC2)CCN(C)CC1. The van der Waals surface area contributed by atoms with Gasteiger partial charge in [0.2, 0.25) is 0 Å². The zero-order chi connectivity index (χ0) is 16.1. The second kappa shape index (κ2) is 7.84. The molecule has 3 aliphatic rings. The van der Waals surface area contributed by atoms with Crippen LogP contribution >= 0.6 is 0 Å². The molecule has 1 aliphatic carbocycles. The molecule has 0 aromatic heterocycles. The van der Waals surface area contributed by atoms with E-state index in [0.717, 1.165) is 25.0 Å². The molecule has 0 aromatic rings. The number of nitrogens with zero attached hydrogens (tertiary/aromatic N) is 3. The van der Waals surface area contributed by atoms with E-state index in [-0.39, 0.29) is 0 Å². The second-order valence-corrected chi connectivity index (χ2v) is 7.83. The molecule has 0 spiro atoms. The molecule has 2 saturated heterocycles. The molecule has 3 rings (SSSR count). The van der Waals surface area contributed by atoms with E-state index in [9.17, 15) is 0 Å². The first-order chi connectivity index (χ1) is 11.2. The van der Waals surface area contributed by atoms with E-state index in [1.807, 2.05) is 7.05 Å². The van der Waals surface area contributed by atoms with Crippen LogP contribution < -0.4 is 10.6 Å². The zero-order valence-electron chi connectivity index (χ0n) is 15.1. The van der Waals surface area contributed by atoms with Gasteiger partial charge in [0.05, 0.1) is 0 Å². The predicted molar refractivity (Wildman–Crippen MR) is 97.0 cm³/mol. The summed E-state index contributed by atoms with van der Waals surface area (Å²) in [5, 5.41) is 7.16. The molecular weight excluding hydrogens is 286 g/mol. The molecule has 5 heteroatoms. The van der Waals surface area contributed by atoms with E-state index in [2.05, 4.69) is 32.5 Å². The third-order valence-electron chi connectivity index (χ3n) is 6.01. The number of nitrogens with one attached hydrogen (secondary N) is 2. The van der Waals surface area contributed by atoms with Gasteiger partial charge in [-0.3, -0.25) is 9.89 Å². The molecular formula is C18H35N5. The summed E-state index contributed by atoms with van der Waals surface area (Å²) in [4.78, 5) is 9.69. The number of hydrogen-bond donors (Lipinski definition) is 2. The normalized spacial score (nSPS) is 27.0. The summed E-state index contributed by atoms with van der Waals surface area (Å²) in [7, 11) is 4.15. The minimum Gasteiger partial charge on any atom is -0.356 e. The lowest BCUT2D eigenvalue weighted by molar-refractivity contribution is 0.0173. The molecule has 23 heavy (non-hydrogen) atoms. The van der Waals surface area contributed by atoms with Gasteiger partial charge < -0.3 is 15.5 Å². The molecule has 0 amide bonds. The summed E-state index contributed by atoms with van der Waals surface area (Å²) in [5.41, 5.74) is 0.324. The third-order valence-corrected chi connectivity index (χ3v) is 6.01. The van der Waals surface area contributed by atoms with Gasteiger partial charge in [0.1, 0.15) is 0 Å². The van der Waals surface area contributed by atoms with Crippen molar-refractivity contribution in [3.63, 3.8) is 0 Å². The van der Waals surface area contributed by atoms with Crippen LogP contribution in [0, 0.1) is 5.92 Å². The lowest BCUT2D eigenvalue weighted by Crippen LogP contribution is -2.62. The number of rotatable bonds is 5. The highest BCUT2D eigenvalue weighted by molar-refractivity contribution is 5.79. The van der Waals surface area contributed by atoms with Crippen molar-refractivity contribution in [3.8, 4) is 0 Å². The average Bonchev–Trinajstić information content (AvgIpc) is 3.42. The average molecular weight is 322 g/mol. The highest BCUT2D eigenvalue weighted by Crippen LogP contribution is 2.31. The lowest BCUT2D eigenvalue weighted by atomic mass is 9.84. The Morgan fingerprint density at radius 1 is 1.04 bits per heavy atom. The van der Waals surface area contributed by atoms with Crippen LogP contribution in [-0.2, 0) is 0 Å². The standard InChI is InChI=1S/C18H35N5/c1-19-17(20-14-16-6-7-16)21-15-18(8-12-22(2)13-9-18)23-10-4-3-5-11-23/h16H,3-15H2,1-2H3,(H2,19,20,21). The number of piperidine rings is 2. The van der Waals surface area contributed by atoms with Gasteiger partial charge in [-0.1, -0.05) is 6.42 Å². The van der Waals surface area contributed by atoms with Crippen LogP contribution in [0.1, 0.15) is 44.9 Å². The Morgan fingerprint density at radius 3 is 2.35 bits per heavy atom. The van der Waals surface area contributed by atoms with E-state index in [4.69, 9.17) is 0 Å². The summed E-state index contributed by atoms with van der Waals surface area (Å²) in [5.74, 6) is 1.88. The van der Waals surface area contributed by atoms with Crippen molar-refractivity contribution < 1.29 is 0 Å². The smallest absolute Gasteiger partial charge is 0.191 e. The molecule has 0 aromatic carbocycles. The molecule has 132 valence electrons. The summed E-state index contributed by atoms with van der Waals surface area (Å²) in [6, 6.07) is 0. The molecule has 0 atom stereocenters. The molecule has 0 unspecified atom stereocenters. The highest BCUT2D eigenvalue weighted by Gasteiger charge is 2.39. The van der Waals surface area contributed by atoms with Gasteiger partial charge in [-0.25, -0.2) is 0 Å². The predicted octanol–water partition coefficient (Wildman–Crippen LogP) is 1.51. The Bertz CT molecular complexity index is 390. The first-order valence-electron chi connectivity index (χ1n) is 9.60. The van der Waals surface area contributed by atoms with Crippen molar-refractivity contribution in [1.82, 2.24) is 20.4 Å². The Hall–Kier alpha value is -0.810. The molecule has 5 nitrogen and oxygen atoms in total. The molecule has 2 heterocycles. The van der Waals surface area contributed by atoms with Crippen LogP contribution in [0.5, 0.6) is 0 Å². The van der Waals surface area contributed by atoms with Crippen molar-refractivity contribution >= 4 is 5.96 Å². The van der Waals surface area contributed by atoms with Gasteiger partial charge in [0.25, 0.3) is 0 Å². The minimum absolute atomic E-state index is 0.324. The monoisotopic (exact) mass is 321 g/mol. The Labute approximate surface area is 141 Å². The summed E-state index contributed by atoms with van der Waals surface area (Å²) >= 11 is 0. The quantitative estimate of drug-likeness (QED) is 0.595. The lowest BCUT2D eigenvalue weighted by Gasteiger charge is -2.50. The van der Waals surface area contributed by atoms with Crippen LogP contribution in [0.4, 0.5) is 0 Å². The topological polar surface area (TPSA) is 42.9 Å². The Kier molecular flexibility index (Phi) is 5.81. The fourth-order valence-electron chi connectivity index (χ4n) is 4.04. The number of aliphatic imine (C=N–C) groups is 1. The van der Waals surface area contributed by atoms with Crippen molar-refractivity contribution in [2.24, 2.45) is 10.9 Å². The van der Waals surface area contributed by atoms with E-state index in [0.29, 0.717) is 5.54 Å². The maximum atomic E-state index is 4.43. The van der Waals surface area contributed by atoms with Crippen LogP contribution in [0.15, 0.2) is 4.99 Å². The Morgan fingerprint density at radius 2 is 1.74 bits per heavy atom. The zero-order valence-corrected chi connectivity index (χ0v) is 15.1. The third kappa shape index (κ3) is 4.60. The molecule has 0 radical (unpaired) electrons. The number of guanidine groups is 1. The first kappa shape index (κ1) is 17.0. The number of likely N-dealkylation sites (tertiary alicyclic amines) is 2. The van der Waals surface area contributed by atoms with Gasteiger partial charge in [-0.05, 0) is 77.7 Å². The van der Waals surface area contributed by atoms with E-state index < -0.39 is 0 Å². The van der Waals surface area contributed by atoms with Crippen molar-refractivity contribution in [3.05, 3.63) is 0 Å². The van der Waals surface area contributed by atoms with Crippen LogP contribution in [0.25, 0.3) is 0 Å². The summed E-state index contributed by atoms with van der Waals surface area (Å²) in [6.45, 7) is 7.10. The van der Waals surface area contributed by atoms with Crippen molar-refractivity contribution in [2.75, 3.05) is 53.4 Å². The minimum atomic E-state index is 0.324. The fourth-order valence-corrected chi connectivity index (χ4v) is 4.04. The van der Waals surface area contributed by atoms with Crippen LogP contribution in [-0.4, -0.2) is 74.7 Å². The molecule has 2 N–H and O–H groups in total. The summed E-state index contributed by atoms with van der Waals surface area (Å²) in [6.07, 6.45) is 9.46. The van der Waals surface area contributed by atoms with Gasteiger partial charge >= 0.3 is 0 Å². The molecule has 3 fully saturated rings. The molecule has 1 saturated carbocycles. The molecule has 0 bridgehead atoms.